The van der Waals surface area contributed by atoms with Gasteiger partial charge in [0.25, 0.3) is 0 Å². The van der Waals surface area contributed by atoms with Crippen molar-refractivity contribution in [1.29, 1.82) is 0 Å². The van der Waals surface area contributed by atoms with Gasteiger partial charge in [-0.1, -0.05) is 37.3 Å². The van der Waals surface area contributed by atoms with E-state index in [2.05, 4.69) is 4.98 Å². The maximum Gasteiger partial charge on any atom is 0.411 e. The van der Waals surface area contributed by atoms with Gasteiger partial charge >= 0.3 is 6.18 Å². The van der Waals surface area contributed by atoms with Crippen molar-refractivity contribution >= 4 is 5.65 Å². The Bertz CT molecular complexity index is 1060. The monoisotopic (exact) mass is 420 g/mol. The molecule has 160 valence electrons. The Hall–Kier alpha value is -2.58. The van der Waals surface area contributed by atoms with Crippen LogP contribution in [0.3, 0.4) is 0 Å². The maximum atomic E-state index is 13.1. The maximum absolute atomic E-state index is 13.1. The van der Waals surface area contributed by atoms with Crippen molar-refractivity contribution in [2.75, 3.05) is 6.61 Å². The lowest BCUT2D eigenvalue weighted by molar-refractivity contribution is -0.244. The van der Waals surface area contributed by atoms with E-state index in [4.69, 9.17) is 9.47 Å². The number of aryl methyl sites for hydroxylation is 2. The van der Waals surface area contributed by atoms with E-state index in [0.717, 1.165) is 11.4 Å². The SMILES string of the molecule is CC[C@]1(OCC(F)(F)F)c2ccn3c(C)c(C)nc3c2O[C@H](c2ccccc2)[C@H]1O. The molecule has 1 aromatic carbocycles. The van der Waals surface area contributed by atoms with Crippen LogP contribution in [-0.2, 0) is 10.3 Å². The van der Waals surface area contributed by atoms with Gasteiger partial charge in [0.15, 0.2) is 17.5 Å². The number of alkyl halides is 3. The molecule has 0 saturated carbocycles. The van der Waals surface area contributed by atoms with E-state index < -0.39 is 30.6 Å². The zero-order valence-electron chi connectivity index (χ0n) is 16.9. The van der Waals surface area contributed by atoms with Crippen molar-refractivity contribution in [3.05, 3.63) is 65.1 Å². The molecule has 0 aliphatic carbocycles. The molecule has 0 saturated heterocycles. The average molecular weight is 420 g/mol. The first-order chi connectivity index (χ1) is 14.2. The third-order valence-corrected chi connectivity index (χ3v) is 5.84. The molecule has 0 fully saturated rings. The zero-order chi connectivity index (χ0) is 21.7. The molecule has 0 radical (unpaired) electrons. The van der Waals surface area contributed by atoms with Crippen molar-refractivity contribution in [3.8, 4) is 5.75 Å². The molecule has 2 aromatic heterocycles. The largest absolute Gasteiger partial charge is 0.479 e. The number of rotatable bonds is 4. The summed E-state index contributed by atoms with van der Waals surface area (Å²) >= 11 is 0. The summed E-state index contributed by atoms with van der Waals surface area (Å²) in [6.45, 7) is 3.98. The Balaban J connectivity index is 1.94. The first kappa shape index (κ1) is 20.7. The van der Waals surface area contributed by atoms with Gasteiger partial charge in [-0.2, -0.15) is 13.2 Å². The van der Waals surface area contributed by atoms with Gasteiger partial charge in [-0.25, -0.2) is 4.98 Å². The number of imidazole rings is 1. The number of hydrogen-bond donors (Lipinski definition) is 1. The number of aliphatic hydroxyl groups excluding tert-OH is 1. The lowest BCUT2D eigenvalue weighted by atomic mass is 9.79. The number of aromatic nitrogens is 2. The Labute approximate surface area is 172 Å². The topological polar surface area (TPSA) is 56.0 Å². The number of hydrogen-bond acceptors (Lipinski definition) is 4. The number of fused-ring (bicyclic) bond motifs is 3. The number of nitrogens with zero attached hydrogens (tertiary/aromatic N) is 2. The Morgan fingerprint density at radius 3 is 2.53 bits per heavy atom. The minimum absolute atomic E-state index is 0.124. The molecule has 1 aliphatic heterocycles. The van der Waals surface area contributed by atoms with E-state index in [1.165, 1.54) is 0 Å². The average Bonchev–Trinajstić information content (AvgIpc) is 3.01. The van der Waals surface area contributed by atoms with Crippen LogP contribution in [-0.4, -0.2) is 33.4 Å². The summed E-state index contributed by atoms with van der Waals surface area (Å²) in [5.41, 5.74) is 1.59. The molecule has 3 atom stereocenters. The summed E-state index contributed by atoms with van der Waals surface area (Å²) in [6, 6.07) is 10.6. The van der Waals surface area contributed by atoms with Crippen LogP contribution in [0.4, 0.5) is 13.2 Å². The number of halogens is 3. The normalized spacial score (nSPS) is 24.0. The highest BCUT2D eigenvalue weighted by Gasteiger charge is 2.52. The fraction of sp³-hybridized carbons (Fsp3) is 0.409. The van der Waals surface area contributed by atoms with E-state index in [1.54, 1.807) is 43.5 Å². The van der Waals surface area contributed by atoms with Crippen molar-refractivity contribution in [3.63, 3.8) is 0 Å². The van der Waals surface area contributed by atoms with E-state index >= 15 is 0 Å². The highest BCUT2D eigenvalue weighted by atomic mass is 19.4. The van der Waals surface area contributed by atoms with Crippen LogP contribution in [0.2, 0.25) is 0 Å². The molecule has 0 amide bonds. The molecule has 1 aliphatic rings. The molecule has 30 heavy (non-hydrogen) atoms. The van der Waals surface area contributed by atoms with Crippen LogP contribution in [0.15, 0.2) is 42.6 Å². The summed E-state index contributed by atoms with van der Waals surface area (Å²) in [7, 11) is 0. The minimum Gasteiger partial charge on any atom is -0.479 e. The van der Waals surface area contributed by atoms with Gasteiger partial charge in [-0.05, 0) is 31.9 Å². The minimum atomic E-state index is -4.53. The third kappa shape index (κ3) is 3.24. The smallest absolute Gasteiger partial charge is 0.411 e. The highest BCUT2D eigenvalue weighted by Crippen LogP contribution is 2.50. The van der Waals surface area contributed by atoms with Crippen LogP contribution in [0.5, 0.6) is 5.75 Å². The molecular weight excluding hydrogens is 397 g/mol. The van der Waals surface area contributed by atoms with Gasteiger partial charge < -0.3 is 19.0 Å². The molecule has 0 unspecified atom stereocenters. The summed E-state index contributed by atoms with van der Waals surface area (Å²) in [5.74, 6) is 0.330. The third-order valence-electron chi connectivity index (χ3n) is 5.84. The quantitative estimate of drug-likeness (QED) is 0.669. The molecule has 0 spiro atoms. The van der Waals surface area contributed by atoms with Crippen molar-refractivity contribution in [2.45, 2.75) is 51.2 Å². The molecule has 1 N–H and O–H groups in total. The molecule has 3 heterocycles. The summed E-state index contributed by atoms with van der Waals surface area (Å²) in [6.07, 6.45) is -4.94. The Kier molecular flexibility index (Phi) is 5.02. The van der Waals surface area contributed by atoms with Gasteiger partial charge in [0, 0.05) is 17.5 Å². The molecule has 0 bridgehead atoms. The van der Waals surface area contributed by atoms with E-state index in [9.17, 15) is 18.3 Å². The summed E-state index contributed by atoms with van der Waals surface area (Å²) in [5, 5.41) is 11.3. The van der Waals surface area contributed by atoms with Gasteiger partial charge in [0.05, 0.1) is 5.69 Å². The van der Waals surface area contributed by atoms with Gasteiger partial charge in [-0.15, -0.1) is 0 Å². The standard InChI is InChI=1S/C22H23F3N2O3/c1-4-21(29-12-22(23,24)25)16-10-11-27-14(3)13(2)26-20(27)18(16)30-17(19(21)28)15-8-6-5-7-9-15/h5-11,17,19,28H,4,12H2,1-3H3/t17-,19-,21+/m1/s1. The van der Waals surface area contributed by atoms with E-state index in [-0.39, 0.29) is 6.42 Å². The van der Waals surface area contributed by atoms with Crippen molar-refractivity contribution < 1.29 is 27.8 Å². The van der Waals surface area contributed by atoms with Crippen LogP contribution in [0.1, 0.15) is 42.0 Å². The van der Waals surface area contributed by atoms with Crippen LogP contribution < -0.4 is 4.74 Å². The molecule has 8 heteroatoms. The molecule has 4 rings (SSSR count). The Morgan fingerprint density at radius 2 is 1.90 bits per heavy atom. The Morgan fingerprint density at radius 1 is 1.20 bits per heavy atom. The second-order valence-electron chi connectivity index (χ2n) is 7.58. The number of benzene rings is 1. The van der Waals surface area contributed by atoms with Gasteiger partial charge in [0.1, 0.15) is 18.3 Å². The summed E-state index contributed by atoms with van der Waals surface area (Å²) in [4.78, 5) is 4.57. The first-order valence-electron chi connectivity index (χ1n) is 9.77. The predicted octanol–water partition coefficient (Wildman–Crippen LogP) is 4.63. The van der Waals surface area contributed by atoms with Crippen molar-refractivity contribution in [1.82, 2.24) is 9.38 Å². The lowest BCUT2D eigenvalue weighted by Crippen LogP contribution is -2.51. The first-order valence-corrected chi connectivity index (χ1v) is 9.77. The van der Waals surface area contributed by atoms with Gasteiger partial charge in [-0.3, -0.25) is 0 Å². The number of pyridine rings is 1. The van der Waals surface area contributed by atoms with Crippen molar-refractivity contribution in [2.24, 2.45) is 0 Å². The van der Waals surface area contributed by atoms with Crippen LogP contribution in [0, 0.1) is 13.8 Å². The fourth-order valence-electron chi connectivity index (χ4n) is 4.13. The molecule has 3 aromatic rings. The summed E-state index contributed by atoms with van der Waals surface area (Å²) < 4.78 is 52.8. The van der Waals surface area contributed by atoms with Gasteiger partial charge in [0.2, 0.25) is 0 Å². The second-order valence-corrected chi connectivity index (χ2v) is 7.58. The predicted molar refractivity (Wildman–Crippen MR) is 104 cm³/mol. The second kappa shape index (κ2) is 7.28. The zero-order valence-corrected chi connectivity index (χ0v) is 16.9. The highest BCUT2D eigenvalue weighted by molar-refractivity contribution is 5.63. The van der Waals surface area contributed by atoms with E-state index in [0.29, 0.717) is 22.5 Å². The van der Waals surface area contributed by atoms with E-state index in [1.807, 2.05) is 24.3 Å². The number of ether oxygens (including phenoxy) is 2. The number of aliphatic hydroxyl groups is 1. The fourth-order valence-corrected chi connectivity index (χ4v) is 4.13. The lowest BCUT2D eigenvalue weighted by Gasteiger charge is -2.45. The molecular formula is C22H23F3N2O3. The van der Waals surface area contributed by atoms with Crippen LogP contribution in [0.25, 0.3) is 5.65 Å². The van der Waals surface area contributed by atoms with Crippen LogP contribution >= 0.6 is 0 Å². The molecule has 5 nitrogen and oxygen atoms in total.